The Morgan fingerprint density at radius 1 is 0.929 bits per heavy atom. The number of nitro groups is 1. The normalized spacial score (nSPS) is 20.3. The third kappa shape index (κ3) is 12.3. The number of hydrogen-bond acceptors (Lipinski definition) is 10. The zero-order valence-corrected chi connectivity index (χ0v) is 26.3. The van der Waals surface area contributed by atoms with Gasteiger partial charge in [0.2, 0.25) is 5.91 Å². The van der Waals surface area contributed by atoms with Crippen molar-refractivity contribution in [2.75, 3.05) is 0 Å². The number of nitrogens with one attached hydrogen (secondary N) is 3. The average molecular weight is 615 g/mol. The second kappa shape index (κ2) is 14.3. The number of hydrogen-bond donors (Lipinski definition) is 3. The van der Waals surface area contributed by atoms with Gasteiger partial charge in [-0.05, 0) is 93.2 Å². The van der Waals surface area contributed by atoms with E-state index in [9.17, 15) is 29.1 Å². The molecule has 14 nitrogen and oxygen atoms in total. The SMILES string of the molecule is CC(NP(=O)(Oc1ccc([N+](=O)[O-])cc1)OC1CCC(NC(=O)OC(C)(C)C)CC1)C(=O)NC(C)C(=O)OC(C)(C)C. The first kappa shape index (κ1) is 35.0. The lowest BCUT2D eigenvalue weighted by Crippen LogP contribution is -2.49. The van der Waals surface area contributed by atoms with Crippen LogP contribution in [0.1, 0.15) is 81.1 Å². The zero-order valence-electron chi connectivity index (χ0n) is 25.4. The number of alkyl carbamates (subject to hydrolysis) is 1. The van der Waals surface area contributed by atoms with Crippen molar-refractivity contribution in [1.29, 1.82) is 0 Å². The van der Waals surface area contributed by atoms with Gasteiger partial charge in [-0.15, -0.1) is 0 Å². The maximum Gasteiger partial charge on any atom is 0.459 e. The summed E-state index contributed by atoms with van der Waals surface area (Å²) in [7, 11) is -4.24. The van der Waals surface area contributed by atoms with E-state index in [1.807, 2.05) is 0 Å². The predicted octanol–water partition coefficient (Wildman–Crippen LogP) is 4.76. The van der Waals surface area contributed by atoms with Gasteiger partial charge >= 0.3 is 19.8 Å². The molecule has 1 aliphatic rings. The second-order valence-electron chi connectivity index (χ2n) is 12.2. The summed E-state index contributed by atoms with van der Waals surface area (Å²) < 4.78 is 36.1. The van der Waals surface area contributed by atoms with Crippen molar-refractivity contribution in [3.63, 3.8) is 0 Å². The lowest BCUT2D eigenvalue weighted by atomic mass is 9.93. The lowest BCUT2D eigenvalue weighted by Gasteiger charge is -2.32. The molecule has 0 heterocycles. The second-order valence-corrected chi connectivity index (χ2v) is 13.8. The molecule has 0 aliphatic heterocycles. The fourth-order valence-electron chi connectivity index (χ4n) is 3.91. The minimum atomic E-state index is -4.24. The smallest absolute Gasteiger partial charge is 0.458 e. The van der Waals surface area contributed by atoms with Gasteiger partial charge in [0.25, 0.3) is 5.69 Å². The summed E-state index contributed by atoms with van der Waals surface area (Å²) >= 11 is 0. The molecule has 42 heavy (non-hydrogen) atoms. The van der Waals surface area contributed by atoms with Crippen molar-refractivity contribution < 1.29 is 42.4 Å². The van der Waals surface area contributed by atoms with Gasteiger partial charge in [-0.2, -0.15) is 5.09 Å². The van der Waals surface area contributed by atoms with Crippen molar-refractivity contribution in [1.82, 2.24) is 15.7 Å². The summed E-state index contributed by atoms with van der Waals surface area (Å²) in [5.41, 5.74) is -1.57. The molecule has 236 valence electrons. The van der Waals surface area contributed by atoms with Crippen molar-refractivity contribution >= 4 is 31.4 Å². The van der Waals surface area contributed by atoms with E-state index in [2.05, 4.69) is 15.7 Å². The molecule has 3 N–H and O–H groups in total. The Hall–Kier alpha value is -3.22. The summed E-state index contributed by atoms with van der Waals surface area (Å²) in [6, 6.07) is 2.63. The Kier molecular flexibility index (Phi) is 11.9. The van der Waals surface area contributed by atoms with E-state index in [1.54, 1.807) is 41.5 Å². The van der Waals surface area contributed by atoms with Gasteiger partial charge in [0.15, 0.2) is 0 Å². The Morgan fingerprint density at radius 3 is 1.98 bits per heavy atom. The van der Waals surface area contributed by atoms with Crippen LogP contribution in [0.3, 0.4) is 0 Å². The van der Waals surface area contributed by atoms with E-state index in [1.165, 1.54) is 38.1 Å². The fraction of sp³-hybridized carbons (Fsp3) is 0.667. The van der Waals surface area contributed by atoms with Gasteiger partial charge in [0.1, 0.15) is 23.0 Å². The van der Waals surface area contributed by atoms with Crippen LogP contribution in [0.2, 0.25) is 0 Å². The Bertz CT molecular complexity index is 1150. The van der Waals surface area contributed by atoms with E-state index in [-0.39, 0.29) is 17.5 Å². The average Bonchev–Trinajstić information content (AvgIpc) is 2.83. The highest BCUT2D eigenvalue weighted by Gasteiger charge is 2.37. The third-order valence-corrected chi connectivity index (χ3v) is 7.55. The van der Waals surface area contributed by atoms with Gasteiger partial charge in [0.05, 0.1) is 17.1 Å². The number of esters is 1. The van der Waals surface area contributed by atoms with Gasteiger partial charge < -0.3 is 24.6 Å². The van der Waals surface area contributed by atoms with Crippen LogP contribution in [0.5, 0.6) is 5.75 Å². The van der Waals surface area contributed by atoms with Gasteiger partial charge in [0, 0.05) is 18.2 Å². The predicted molar refractivity (Wildman–Crippen MR) is 154 cm³/mol. The van der Waals surface area contributed by atoms with E-state index >= 15 is 0 Å². The van der Waals surface area contributed by atoms with Crippen molar-refractivity contribution in [3.8, 4) is 5.75 Å². The molecule has 1 fully saturated rings. The van der Waals surface area contributed by atoms with Crippen molar-refractivity contribution in [2.24, 2.45) is 0 Å². The fourth-order valence-corrected chi connectivity index (χ4v) is 5.66. The number of rotatable bonds is 11. The molecule has 1 aromatic rings. The first-order valence-corrected chi connectivity index (χ1v) is 15.3. The molecular weight excluding hydrogens is 571 g/mol. The van der Waals surface area contributed by atoms with Crippen LogP contribution < -0.4 is 20.2 Å². The maximum atomic E-state index is 14.0. The number of non-ortho nitro benzene ring substituents is 1. The number of carbonyl (C=O) groups excluding carboxylic acids is 3. The summed E-state index contributed by atoms with van der Waals surface area (Å²) in [6.07, 6.45) is 0.809. The van der Waals surface area contributed by atoms with Crippen LogP contribution in [-0.4, -0.2) is 58.3 Å². The summed E-state index contributed by atoms with van der Waals surface area (Å²) in [6.45, 7) is 13.3. The monoisotopic (exact) mass is 614 g/mol. The highest BCUT2D eigenvalue weighted by molar-refractivity contribution is 7.52. The van der Waals surface area contributed by atoms with Crippen LogP contribution >= 0.6 is 7.75 Å². The maximum absolute atomic E-state index is 14.0. The topological polar surface area (TPSA) is 184 Å². The highest BCUT2D eigenvalue weighted by Crippen LogP contribution is 2.48. The molecule has 2 amide bonds. The molecule has 3 atom stereocenters. The van der Waals surface area contributed by atoms with Crippen molar-refractivity contribution in [2.45, 2.75) is 117 Å². The molecule has 0 saturated heterocycles. The van der Waals surface area contributed by atoms with Crippen molar-refractivity contribution in [3.05, 3.63) is 34.4 Å². The van der Waals surface area contributed by atoms with E-state index < -0.39 is 60.0 Å². The molecule has 0 aromatic heterocycles. The molecule has 1 saturated carbocycles. The highest BCUT2D eigenvalue weighted by atomic mass is 31.2. The molecule has 3 unspecified atom stereocenters. The Labute approximate surface area is 246 Å². The van der Waals surface area contributed by atoms with Crippen LogP contribution in [-0.2, 0) is 28.2 Å². The number of nitrogens with zero attached hydrogens (tertiary/aromatic N) is 1. The number of carbonyl (C=O) groups is 3. The van der Waals surface area contributed by atoms with Crippen LogP contribution in [0, 0.1) is 10.1 Å². The lowest BCUT2D eigenvalue weighted by molar-refractivity contribution is -0.384. The molecule has 15 heteroatoms. The standard InChI is InChI=1S/C27H43N4O10P/c1-17(23(32)28-18(2)24(33)38-26(3,4)5)30-42(37,41-22-15-11-20(12-16-22)31(35)36)40-21-13-9-19(10-14-21)29-25(34)39-27(6,7)8/h11-12,15-19,21H,9-10,13-14H2,1-8H3,(H,28,32)(H,29,34)(H,30,37). The Balaban J connectivity index is 2.11. The quantitative estimate of drug-likeness (QED) is 0.135. The van der Waals surface area contributed by atoms with E-state index in [4.69, 9.17) is 18.5 Å². The van der Waals surface area contributed by atoms with Gasteiger partial charge in [-0.25, -0.2) is 14.2 Å². The van der Waals surface area contributed by atoms with Gasteiger partial charge in [-0.1, -0.05) is 0 Å². The van der Waals surface area contributed by atoms with E-state index in [0.29, 0.717) is 25.7 Å². The molecule has 1 aliphatic carbocycles. The molecule has 2 rings (SSSR count). The minimum absolute atomic E-state index is 0.0199. The molecule has 0 spiro atoms. The first-order valence-electron chi connectivity index (χ1n) is 13.8. The largest absolute Gasteiger partial charge is 0.459 e. The third-order valence-electron chi connectivity index (χ3n) is 5.82. The first-order chi connectivity index (χ1) is 19.2. The zero-order chi connectivity index (χ0) is 31.9. The summed E-state index contributed by atoms with van der Waals surface area (Å²) in [5, 5.41) is 19.0. The Morgan fingerprint density at radius 2 is 1.48 bits per heavy atom. The minimum Gasteiger partial charge on any atom is -0.458 e. The summed E-state index contributed by atoms with van der Waals surface area (Å²) in [4.78, 5) is 47.7. The number of amides is 2. The van der Waals surface area contributed by atoms with Crippen LogP contribution in [0.15, 0.2) is 24.3 Å². The molecule has 1 aromatic carbocycles. The molecule has 0 bridgehead atoms. The number of ether oxygens (including phenoxy) is 2. The van der Waals surface area contributed by atoms with E-state index in [0.717, 1.165) is 0 Å². The van der Waals surface area contributed by atoms with Crippen LogP contribution in [0.4, 0.5) is 10.5 Å². The molecule has 0 radical (unpaired) electrons. The van der Waals surface area contributed by atoms with Crippen LogP contribution in [0.25, 0.3) is 0 Å². The number of benzene rings is 1. The number of nitro benzene ring substituents is 1. The molecular formula is C27H43N4O10P. The summed E-state index contributed by atoms with van der Waals surface area (Å²) in [5.74, 6) is -1.28. The van der Waals surface area contributed by atoms with Gasteiger partial charge in [-0.3, -0.25) is 19.4 Å².